The Morgan fingerprint density at radius 2 is 1.72 bits per heavy atom. The fraction of sp³-hybridized carbons (Fsp3) is 0.318. The van der Waals surface area contributed by atoms with Crippen LogP contribution >= 0.6 is 0 Å². The summed E-state index contributed by atoms with van der Waals surface area (Å²) in [6, 6.07) is 18.0. The lowest BCUT2D eigenvalue weighted by Gasteiger charge is -2.36. The van der Waals surface area contributed by atoms with E-state index in [-0.39, 0.29) is 13.2 Å². The average Bonchev–Trinajstić information content (AvgIpc) is 3.10. The molecule has 0 bridgehead atoms. The molecule has 0 spiro atoms. The van der Waals surface area contributed by atoms with Gasteiger partial charge in [0.15, 0.2) is 0 Å². The SMILES string of the molecule is CC(C)(c1ccccc1)C(CNC(=O)O)C(=O)N1C(=O)OC[C@H]1c1ccccc1. The van der Waals surface area contributed by atoms with Crippen molar-refractivity contribution in [2.75, 3.05) is 13.2 Å². The summed E-state index contributed by atoms with van der Waals surface area (Å²) in [6.07, 6.45) is -1.94. The van der Waals surface area contributed by atoms with Crippen LogP contribution in [-0.4, -0.2) is 41.3 Å². The highest BCUT2D eigenvalue weighted by atomic mass is 16.6. The van der Waals surface area contributed by atoms with Crippen molar-refractivity contribution < 1.29 is 24.2 Å². The smallest absolute Gasteiger partial charge is 0.417 e. The number of carboxylic acid groups (broad SMARTS) is 1. The van der Waals surface area contributed by atoms with Gasteiger partial charge in [0.2, 0.25) is 5.91 Å². The largest absolute Gasteiger partial charge is 0.465 e. The summed E-state index contributed by atoms with van der Waals surface area (Å²) in [4.78, 5) is 38.3. The minimum atomic E-state index is -1.23. The maximum Gasteiger partial charge on any atom is 0.417 e. The molecule has 0 aliphatic carbocycles. The van der Waals surface area contributed by atoms with E-state index in [1.807, 2.05) is 74.5 Å². The lowest BCUT2D eigenvalue weighted by Crippen LogP contribution is -2.50. The third kappa shape index (κ3) is 4.23. The van der Waals surface area contributed by atoms with Crippen LogP contribution in [-0.2, 0) is 14.9 Å². The third-order valence-corrected chi connectivity index (χ3v) is 5.44. The molecule has 1 heterocycles. The molecule has 3 rings (SSSR count). The molecular weight excluding hydrogens is 372 g/mol. The Morgan fingerprint density at radius 3 is 2.31 bits per heavy atom. The van der Waals surface area contributed by atoms with Crippen LogP contribution in [0.4, 0.5) is 9.59 Å². The number of hydrogen-bond acceptors (Lipinski definition) is 4. The van der Waals surface area contributed by atoms with Crippen molar-refractivity contribution in [1.82, 2.24) is 10.2 Å². The third-order valence-electron chi connectivity index (χ3n) is 5.44. The monoisotopic (exact) mass is 396 g/mol. The summed E-state index contributed by atoms with van der Waals surface area (Å²) >= 11 is 0. The highest BCUT2D eigenvalue weighted by Crippen LogP contribution is 2.36. The first-order chi connectivity index (χ1) is 13.8. The van der Waals surface area contributed by atoms with Crippen LogP contribution in [0.1, 0.15) is 31.0 Å². The number of benzene rings is 2. The van der Waals surface area contributed by atoms with E-state index in [4.69, 9.17) is 9.84 Å². The molecule has 0 aromatic heterocycles. The molecule has 1 fully saturated rings. The van der Waals surface area contributed by atoms with Gasteiger partial charge in [-0.25, -0.2) is 14.5 Å². The Balaban J connectivity index is 1.97. The van der Waals surface area contributed by atoms with Crippen molar-refractivity contribution in [2.24, 2.45) is 5.92 Å². The molecule has 0 saturated carbocycles. The fourth-order valence-electron chi connectivity index (χ4n) is 3.66. The maximum absolute atomic E-state index is 13.6. The summed E-state index contributed by atoms with van der Waals surface area (Å²) < 4.78 is 5.18. The summed E-state index contributed by atoms with van der Waals surface area (Å²) in [5.41, 5.74) is 0.925. The van der Waals surface area contributed by atoms with Crippen LogP contribution in [0, 0.1) is 5.92 Å². The van der Waals surface area contributed by atoms with E-state index in [0.29, 0.717) is 0 Å². The van der Waals surface area contributed by atoms with Crippen molar-refractivity contribution >= 4 is 18.1 Å². The summed E-state index contributed by atoms with van der Waals surface area (Å²) in [6.45, 7) is 3.68. The number of nitrogens with one attached hydrogen (secondary N) is 1. The van der Waals surface area contributed by atoms with Gasteiger partial charge < -0.3 is 15.2 Å². The van der Waals surface area contributed by atoms with E-state index in [9.17, 15) is 14.4 Å². The molecule has 1 aliphatic heterocycles. The number of nitrogens with zero attached hydrogens (tertiary/aromatic N) is 1. The quantitative estimate of drug-likeness (QED) is 0.778. The molecule has 1 aliphatic rings. The number of imide groups is 1. The van der Waals surface area contributed by atoms with E-state index in [0.717, 1.165) is 16.0 Å². The van der Waals surface area contributed by atoms with Crippen molar-refractivity contribution in [3.05, 3.63) is 71.8 Å². The Morgan fingerprint density at radius 1 is 1.14 bits per heavy atom. The van der Waals surface area contributed by atoms with Crippen molar-refractivity contribution in [2.45, 2.75) is 25.3 Å². The van der Waals surface area contributed by atoms with Gasteiger partial charge in [-0.15, -0.1) is 0 Å². The first kappa shape index (κ1) is 20.4. The second kappa shape index (κ2) is 8.34. The molecule has 1 unspecified atom stereocenters. The van der Waals surface area contributed by atoms with Crippen LogP contribution in [0.2, 0.25) is 0 Å². The number of ether oxygens (including phenoxy) is 1. The van der Waals surface area contributed by atoms with Gasteiger partial charge >= 0.3 is 12.2 Å². The fourth-order valence-corrected chi connectivity index (χ4v) is 3.66. The van der Waals surface area contributed by atoms with Crippen molar-refractivity contribution in [1.29, 1.82) is 0 Å². The van der Waals surface area contributed by atoms with E-state index in [1.165, 1.54) is 0 Å². The topological polar surface area (TPSA) is 95.9 Å². The molecule has 7 heteroatoms. The van der Waals surface area contributed by atoms with Crippen LogP contribution in [0.5, 0.6) is 0 Å². The second-order valence-corrected chi connectivity index (χ2v) is 7.54. The Bertz CT molecular complexity index is 883. The molecule has 152 valence electrons. The van der Waals surface area contributed by atoms with Gasteiger partial charge in [0.25, 0.3) is 0 Å². The predicted octanol–water partition coefficient (Wildman–Crippen LogP) is 3.57. The van der Waals surface area contributed by atoms with Gasteiger partial charge in [-0.1, -0.05) is 74.5 Å². The Hall–Kier alpha value is -3.35. The normalized spacial score (nSPS) is 17.5. The van der Waals surface area contributed by atoms with Gasteiger partial charge in [-0.05, 0) is 11.1 Å². The standard InChI is InChI=1S/C22H24N2O5/c1-22(2,16-11-7-4-8-12-16)17(13-23-20(26)27)19(25)24-18(14-29-21(24)28)15-9-5-3-6-10-15/h3-12,17-18,23H,13-14H2,1-2H3,(H,26,27)/t17?,18-/m0/s1. The number of cyclic esters (lactones) is 1. The van der Waals surface area contributed by atoms with Gasteiger partial charge in [0.1, 0.15) is 12.6 Å². The van der Waals surface area contributed by atoms with Crippen LogP contribution in [0.15, 0.2) is 60.7 Å². The molecule has 3 amide bonds. The van der Waals surface area contributed by atoms with E-state index >= 15 is 0 Å². The van der Waals surface area contributed by atoms with Crippen LogP contribution in [0.3, 0.4) is 0 Å². The molecule has 2 N–H and O–H groups in total. The average molecular weight is 396 g/mol. The van der Waals surface area contributed by atoms with Crippen LogP contribution in [0.25, 0.3) is 0 Å². The van der Waals surface area contributed by atoms with Crippen molar-refractivity contribution in [3.8, 4) is 0 Å². The van der Waals surface area contributed by atoms with Gasteiger partial charge in [-0.2, -0.15) is 0 Å². The highest BCUT2D eigenvalue weighted by molar-refractivity contribution is 5.96. The molecule has 1 saturated heterocycles. The maximum atomic E-state index is 13.6. The van der Waals surface area contributed by atoms with Gasteiger partial charge in [0.05, 0.1) is 5.92 Å². The van der Waals surface area contributed by atoms with Gasteiger partial charge in [0, 0.05) is 12.0 Å². The lowest BCUT2D eigenvalue weighted by molar-refractivity contribution is -0.135. The second-order valence-electron chi connectivity index (χ2n) is 7.54. The number of rotatable bonds is 6. The Kier molecular flexibility index (Phi) is 5.87. The van der Waals surface area contributed by atoms with Crippen LogP contribution < -0.4 is 5.32 Å². The molecular formula is C22H24N2O5. The lowest BCUT2D eigenvalue weighted by atomic mass is 9.72. The molecule has 2 aromatic rings. The number of carbonyl (C=O) groups excluding carboxylic acids is 2. The highest BCUT2D eigenvalue weighted by Gasteiger charge is 2.46. The minimum absolute atomic E-state index is 0.0689. The predicted molar refractivity (Wildman–Crippen MR) is 106 cm³/mol. The first-order valence-corrected chi connectivity index (χ1v) is 9.39. The van der Waals surface area contributed by atoms with E-state index in [1.54, 1.807) is 0 Å². The zero-order valence-corrected chi connectivity index (χ0v) is 16.4. The van der Waals surface area contributed by atoms with Crippen molar-refractivity contribution in [3.63, 3.8) is 0 Å². The van der Waals surface area contributed by atoms with E-state index < -0.39 is 35.5 Å². The summed E-state index contributed by atoms with van der Waals surface area (Å²) in [5.74, 6) is -1.28. The Labute approximate surface area is 169 Å². The molecule has 2 atom stereocenters. The molecule has 2 aromatic carbocycles. The van der Waals surface area contributed by atoms with E-state index in [2.05, 4.69) is 5.32 Å². The zero-order valence-electron chi connectivity index (χ0n) is 16.4. The number of amides is 3. The molecule has 7 nitrogen and oxygen atoms in total. The molecule has 0 radical (unpaired) electrons. The number of carbonyl (C=O) groups is 3. The zero-order chi connectivity index (χ0) is 21.0. The number of hydrogen-bond donors (Lipinski definition) is 2. The van der Waals surface area contributed by atoms with Gasteiger partial charge in [-0.3, -0.25) is 4.79 Å². The summed E-state index contributed by atoms with van der Waals surface area (Å²) in [5, 5.41) is 11.4. The molecule has 29 heavy (non-hydrogen) atoms. The first-order valence-electron chi connectivity index (χ1n) is 9.39. The summed E-state index contributed by atoms with van der Waals surface area (Å²) in [7, 11) is 0. The minimum Gasteiger partial charge on any atom is -0.465 e.